The number of amides is 3. The van der Waals surface area contributed by atoms with Crippen molar-refractivity contribution >= 4 is 29.4 Å². The Morgan fingerprint density at radius 3 is 3.00 bits per heavy atom. The molecule has 0 saturated carbocycles. The quantitative estimate of drug-likeness (QED) is 0.819. The smallest absolute Gasteiger partial charge is 0.326 e. The second kappa shape index (κ2) is 4.77. The summed E-state index contributed by atoms with van der Waals surface area (Å²) >= 11 is 1.43. The second-order valence-corrected chi connectivity index (χ2v) is 4.71. The van der Waals surface area contributed by atoms with E-state index in [-0.39, 0.29) is 11.7 Å². The van der Waals surface area contributed by atoms with Crippen LogP contribution in [0.4, 0.5) is 10.5 Å². The molecular weight excluding hydrogens is 238 g/mol. The number of carbonyl (C=O) groups excluding carboxylic acids is 2. The van der Waals surface area contributed by atoms with Gasteiger partial charge in [-0.2, -0.15) is 0 Å². The van der Waals surface area contributed by atoms with Crippen molar-refractivity contribution in [3.05, 3.63) is 23.8 Å². The molecule has 1 aromatic carbocycles. The summed E-state index contributed by atoms with van der Waals surface area (Å²) in [6.07, 6.45) is 0. The van der Waals surface area contributed by atoms with Gasteiger partial charge in [-0.05, 0) is 24.7 Å². The van der Waals surface area contributed by atoms with E-state index in [0.29, 0.717) is 12.2 Å². The molecule has 0 bridgehead atoms. The highest BCUT2D eigenvalue weighted by Gasteiger charge is 2.28. The molecule has 1 aromatic rings. The zero-order chi connectivity index (χ0) is 12.4. The van der Waals surface area contributed by atoms with Crippen LogP contribution in [0.5, 0.6) is 0 Å². The third-order valence-electron chi connectivity index (χ3n) is 2.47. The van der Waals surface area contributed by atoms with Crippen molar-refractivity contribution in [2.75, 3.05) is 17.7 Å². The maximum absolute atomic E-state index is 11.7. The molecule has 1 heterocycles. The molecular formula is C11H13N3O2S. The van der Waals surface area contributed by atoms with Crippen molar-refractivity contribution in [2.45, 2.75) is 11.4 Å². The van der Waals surface area contributed by atoms with Crippen LogP contribution in [0.1, 0.15) is 5.56 Å². The number of fused-ring (bicyclic) bond motifs is 1. The Hall–Kier alpha value is -1.53. The molecule has 0 aromatic heterocycles. The minimum Gasteiger partial charge on any atom is -0.351 e. The first-order chi connectivity index (χ1) is 8.13. The highest BCUT2D eigenvalue weighted by molar-refractivity contribution is 8.00. The summed E-state index contributed by atoms with van der Waals surface area (Å²) < 4.78 is 0. The standard InChI is InChI=1S/C11H13N3O2S/c1-13-5-7-2-3-9-8(4-7)14(11(12)16)10(15)6-17-9/h2-4,13H,5-6H2,1H3,(H2,12,16). The predicted molar refractivity (Wildman–Crippen MR) is 67.0 cm³/mol. The summed E-state index contributed by atoms with van der Waals surface area (Å²) in [7, 11) is 1.84. The van der Waals surface area contributed by atoms with E-state index in [2.05, 4.69) is 5.32 Å². The fourth-order valence-corrected chi connectivity index (χ4v) is 2.62. The van der Waals surface area contributed by atoms with Gasteiger partial charge in [-0.15, -0.1) is 11.8 Å². The van der Waals surface area contributed by atoms with E-state index in [1.165, 1.54) is 11.8 Å². The Bertz CT molecular complexity index is 476. The Balaban J connectivity index is 2.45. The molecule has 90 valence electrons. The summed E-state index contributed by atoms with van der Waals surface area (Å²) in [6, 6.07) is 4.98. The van der Waals surface area contributed by atoms with Crippen LogP contribution >= 0.6 is 11.8 Å². The van der Waals surface area contributed by atoms with Crippen LogP contribution in [0.15, 0.2) is 23.1 Å². The lowest BCUT2D eigenvalue weighted by Crippen LogP contribution is -2.43. The van der Waals surface area contributed by atoms with Crippen molar-refractivity contribution in [3.8, 4) is 0 Å². The van der Waals surface area contributed by atoms with Crippen molar-refractivity contribution in [2.24, 2.45) is 5.73 Å². The minimum atomic E-state index is -0.724. The minimum absolute atomic E-state index is 0.251. The van der Waals surface area contributed by atoms with Gasteiger partial charge in [-0.25, -0.2) is 9.69 Å². The van der Waals surface area contributed by atoms with Gasteiger partial charge < -0.3 is 11.1 Å². The Labute approximate surface area is 103 Å². The molecule has 6 heteroatoms. The number of rotatable bonds is 2. The number of nitrogens with one attached hydrogen (secondary N) is 1. The third kappa shape index (κ3) is 2.27. The van der Waals surface area contributed by atoms with Gasteiger partial charge in [0.05, 0.1) is 11.4 Å². The van der Waals surface area contributed by atoms with Gasteiger partial charge in [0.1, 0.15) is 0 Å². The fraction of sp³-hybridized carbons (Fsp3) is 0.273. The molecule has 3 N–H and O–H groups in total. The maximum Gasteiger partial charge on any atom is 0.326 e. The molecule has 2 rings (SSSR count). The van der Waals surface area contributed by atoms with E-state index in [0.717, 1.165) is 15.4 Å². The van der Waals surface area contributed by atoms with Gasteiger partial charge in [-0.1, -0.05) is 6.07 Å². The lowest BCUT2D eigenvalue weighted by atomic mass is 10.2. The first-order valence-corrected chi connectivity index (χ1v) is 6.14. The lowest BCUT2D eigenvalue weighted by molar-refractivity contribution is -0.115. The van der Waals surface area contributed by atoms with E-state index >= 15 is 0 Å². The van der Waals surface area contributed by atoms with Crippen molar-refractivity contribution in [3.63, 3.8) is 0 Å². The molecule has 0 spiro atoms. The van der Waals surface area contributed by atoms with Gasteiger partial charge in [-0.3, -0.25) is 4.79 Å². The molecule has 3 amide bonds. The molecule has 0 unspecified atom stereocenters. The van der Waals surface area contributed by atoms with Crippen LogP contribution in [0, 0.1) is 0 Å². The number of carbonyl (C=O) groups is 2. The summed E-state index contributed by atoms with van der Waals surface area (Å²) in [4.78, 5) is 24.9. The Kier molecular flexibility index (Phi) is 3.35. The van der Waals surface area contributed by atoms with E-state index in [4.69, 9.17) is 5.73 Å². The van der Waals surface area contributed by atoms with Crippen molar-refractivity contribution in [1.82, 2.24) is 5.32 Å². The number of anilines is 1. The number of hydrogen-bond donors (Lipinski definition) is 2. The van der Waals surface area contributed by atoms with Gasteiger partial charge in [0.2, 0.25) is 5.91 Å². The average molecular weight is 251 g/mol. The molecule has 0 fully saturated rings. The van der Waals surface area contributed by atoms with Crippen LogP contribution in [0.3, 0.4) is 0 Å². The van der Waals surface area contributed by atoms with Crippen molar-refractivity contribution in [1.29, 1.82) is 0 Å². The number of hydrogen-bond acceptors (Lipinski definition) is 4. The topological polar surface area (TPSA) is 75.4 Å². The molecule has 0 aliphatic carbocycles. The first-order valence-electron chi connectivity index (χ1n) is 5.16. The van der Waals surface area contributed by atoms with Crippen LogP contribution < -0.4 is 16.0 Å². The molecule has 1 aliphatic rings. The number of urea groups is 1. The first kappa shape index (κ1) is 11.9. The maximum atomic E-state index is 11.7. The van der Waals surface area contributed by atoms with Crippen LogP contribution in [0.25, 0.3) is 0 Å². The third-order valence-corrected chi connectivity index (χ3v) is 3.51. The second-order valence-electron chi connectivity index (χ2n) is 3.69. The number of benzene rings is 1. The van der Waals surface area contributed by atoms with Crippen LogP contribution in [0.2, 0.25) is 0 Å². The SMILES string of the molecule is CNCc1ccc2c(c1)N(C(N)=O)C(=O)CS2. The van der Waals surface area contributed by atoms with Gasteiger partial charge >= 0.3 is 6.03 Å². The summed E-state index contributed by atoms with van der Waals surface area (Å²) in [6.45, 7) is 0.679. The van der Waals surface area contributed by atoms with Crippen LogP contribution in [-0.2, 0) is 11.3 Å². The highest BCUT2D eigenvalue weighted by atomic mass is 32.2. The van der Waals surface area contributed by atoms with E-state index < -0.39 is 6.03 Å². The Morgan fingerprint density at radius 2 is 2.35 bits per heavy atom. The van der Waals surface area contributed by atoms with Crippen molar-refractivity contribution < 1.29 is 9.59 Å². The lowest BCUT2D eigenvalue weighted by Gasteiger charge is -2.26. The van der Waals surface area contributed by atoms with Gasteiger partial charge in [0.15, 0.2) is 0 Å². The van der Waals surface area contributed by atoms with Gasteiger partial charge in [0, 0.05) is 11.4 Å². The average Bonchev–Trinajstić information content (AvgIpc) is 2.28. The number of nitrogens with zero attached hydrogens (tertiary/aromatic N) is 1. The fourth-order valence-electron chi connectivity index (χ4n) is 1.75. The number of primary amides is 1. The largest absolute Gasteiger partial charge is 0.351 e. The van der Waals surface area contributed by atoms with E-state index in [1.807, 2.05) is 25.2 Å². The number of thioether (sulfide) groups is 1. The number of imide groups is 1. The molecule has 0 radical (unpaired) electrons. The molecule has 0 atom stereocenters. The van der Waals surface area contributed by atoms with Gasteiger partial charge in [0.25, 0.3) is 0 Å². The summed E-state index contributed by atoms with van der Waals surface area (Å²) in [5.41, 5.74) is 6.83. The molecule has 1 aliphatic heterocycles. The molecule has 17 heavy (non-hydrogen) atoms. The summed E-state index contributed by atoms with van der Waals surface area (Å²) in [5.74, 6) is -0.0157. The van der Waals surface area contributed by atoms with E-state index in [1.54, 1.807) is 0 Å². The monoisotopic (exact) mass is 251 g/mol. The number of nitrogens with two attached hydrogens (primary N) is 1. The summed E-state index contributed by atoms with van der Waals surface area (Å²) in [5, 5.41) is 3.02. The highest BCUT2D eigenvalue weighted by Crippen LogP contribution is 2.35. The van der Waals surface area contributed by atoms with E-state index in [9.17, 15) is 9.59 Å². The zero-order valence-electron chi connectivity index (χ0n) is 9.40. The predicted octanol–water partition coefficient (Wildman–Crippen LogP) is 0.923. The zero-order valence-corrected chi connectivity index (χ0v) is 10.2. The Morgan fingerprint density at radius 1 is 1.59 bits per heavy atom. The van der Waals surface area contributed by atoms with Crippen LogP contribution in [-0.4, -0.2) is 24.7 Å². The molecule has 0 saturated heterocycles. The normalized spacial score (nSPS) is 14.6. The molecule has 5 nitrogen and oxygen atoms in total.